The molecule has 0 saturated carbocycles. The quantitative estimate of drug-likeness (QED) is 0.305. The third-order valence-corrected chi connectivity index (χ3v) is 5.89. The summed E-state index contributed by atoms with van der Waals surface area (Å²) >= 11 is 0. The van der Waals surface area contributed by atoms with Gasteiger partial charge in [0.1, 0.15) is 17.7 Å². The van der Waals surface area contributed by atoms with E-state index < -0.39 is 42.0 Å². The fourth-order valence-electron chi connectivity index (χ4n) is 4.25. The van der Waals surface area contributed by atoms with E-state index in [9.17, 15) is 19.2 Å². The van der Waals surface area contributed by atoms with Crippen LogP contribution in [0.5, 0.6) is 0 Å². The molecule has 214 valence electrons. The molecule has 9 heteroatoms. The van der Waals surface area contributed by atoms with Gasteiger partial charge in [-0.15, -0.1) is 0 Å². The first kappa shape index (κ1) is 32.9. The van der Waals surface area contributed by atoms with E-state index in [1.807, 2.05) is 45.9 Å². The van der Waals surface area contributed by atoms with Gasteiger partial charge >= 0.3 is 6.09 Å². The van der Waals surface area contributed by atoms with E-state index in [1.165, 1.54) is 4.90 Å². The van der Waals surface area contributed by atoms with Crippen LogP contribution in [0.25, 0.3) is 0 Å². The Labute approximate surface area is 228 Å². The lowest BCUT2D eigenvalue weighted by molar-refractivity contribution is -0.143. The smallest absolute Gasteiger partial charge is 0.408 e. The molecular weight excluding hydrogens is 484 g/mol. The fraction of sp³-hybridized carbons (Fsp3) is 0.655. The van der Waals surface area contributed by atoms with E-state index in [0.29, 0.717) is 12.0 Å². The number of rotatable bonds is 14. The van der Waals surface area contributed by atoms with Crippen LogP contribution in [-0.4, -0.2) is 52.9 Å². The van der Waals surface area contributed by atoms with Crippen molar-refractivity contribution in [1.82, 2.24) is 15.5 Å². The Morgan fingerprint density at radius 3 is 2.16 bits per heavy atom. The molecule has 0 saturated heterocycles. The van der Waals surface area contributed by atoms with E-state index in [4.69, 9.17) is 10.5 Å². The molecule has 2 atom stereocenters. The van der Waals surface area contributed by atoms with Crippen LogP contribution in [0, 0.1) is 13.8 Å². The van der Waals surface area contributed by atoms with Gasteiger partial charge in [0.15, 0.2) is 0 Å². The van der Waals surface area contributed by atoms with Crippen LogP contribution in [0.3, 0.4) is 0 Å². The standard InChI is InChI=1S/C29H48N4O5/c1-9-10-11-12-13-16-33(27(36)23(18-24(30)34)32-28(37)38-29(6,7)8)25(26(35)31-19(2)3)22-15-14-20(4)17-21(22)5/h14-15,17,19,23,25H,9-13,16,18H2,1-8H3,(H2,30,34)(H,31,35)(H,32,37). The van der Waals surface area contributed by atoms with Crippen LogP contribution in [0.15, 0.2) is 18.2 Å². The van der Waals surface area contributed by atoms with Crippen LogP contribution in [0.4, 0.5) is 4.79 Å². The number of nitrogens with two attached hydrogens (primary N) is 1. The number of alkyl carbamates (subject to hydrolysis) is 1. The molecule has 0 aliphatic rings. The van der Waals surface area contributed by atoms with Gasteiger partial charge in [0.05, 0.1) is 6.42 Å². The molecule has 0 heterocycles. The number of primary amides is 1. The van der Waals surface area contributed by atoms with Crippen LogP contribution in [0.1, 0.15) is 103 Å². The second kappa shape index (κ2) is 15.3. The highest BCUT2D eigenvalue weighted by Gasteiger charge is 2.37. The Morgan fingerprint density at radius 2 is 1.63 bits per heavy atom. The molecule has 1 aromatic carbocycles. The van der Waals surface area contributed by atoms with Crippen molar-refractivity contribution in [2.75, 3.05) is 6.54 Å². The number of aryl methyl sites for hydroxylation is 2. The molecule has 0 aromatic heterocycles. The first-order valence-electron chi connectivity index (χ1n) is 13.6. The van der Waals surface area contributed by atoms with Crippen molar-refractivity contribution >= 4 is 23.8 Å². The molecule has 0 fully saturated rings. The summed E-state index contributed by atoms with van der Waals surface area (Å²) in [5.74, 6) is -1.64. The van der Waals surface area contributed by atoms with E-state index in [2.05, 4.69) is 17.6 Å². The van der Waals surface area contributed by atoms with E-state index in [1.54, 1.807) is 20.8 Å². The molecule has 4 N–H and O–H groups in total. The van der Waals surface area contributed by atoms with Crippen LogP contribution >= 0.6 is 0 Å². The number of amides is 4. The van der Waals surface area contributed by atoms with Gasteiger partial charge in [0, 0.05) is 12.6 Å². The molecule has 1 aromatic rings. The Hall–Kier alpha value is -3.10. The molecule has 38 heavy (non-hydrogen) atoms. The predicted octanol–water partition coefficient (Wildman–Crippen LogP) is 4.44. The summed E-state index contributed by atoms with van der Waals surface area (Å²) in [5.41, 5.74) is 7.24. The van der Waals surface area contributed by atoms with Gasteiger partial charge < -0.3 is 26.0 Å². The molecule has 0 aliphatic heterocycles. The van der Waals surface area contributed by atoms with Gasteiger partial charge in [0.25, 0.3) is 0 Å². The fourth-order valence-corrected chi connectivity index (χ4v) is 4.25. The third kappa shape index (κ3) is 11.5. The maximum atomic E-state index is 14.1. The summed E-state index contributed by atoms with van der Waals surface area (Å²) in [6, 6.07) is 3.34. The van der Waals surface area contributed by atoms with Gasteiger partial charge in [-0.25, -0.2) is 4.79 Å². The second-order valence-electron chi connectivity index (χ2n) is 11.2. The summed E-state index contributed by atoms with van der Waals surface area (Å²) in [6.45, 7) is 15.1. The largest absolute Gasteiger partial charge is 0.444 e. The van der Waals surface area contributed by atoms with Crippen LogP contribution in [0.2, 0.25) is 0 Å². The minimum Gasteiger partial charge on any atom is -0.444 e. The average Bonchev–Trinajstić information content (AvgIpc) is 2.76. The zero-order chi connectivity index (χ0) is 29.0. The zero-order valence-corrected chi connectivity index (χ0v) is 24.5. The summed E-state index contributed by atoms with van der Waals surface area (Å²) in [7, 11) is 0. The minimum atomic E-state index is -1.28. The van der Waals surface area contributed by atoms with Crippen molar-refractivity contribution in [3.05, 3.63) is 34.9 Å². The molecular formula is C29H48N4O5. The highest BCUT2D eigenvalue weighted by Crippen LogP contribution is 2.27. The highest BCUT2D eigenvalue weighted by molar-refractivity contribution is 5.94. The normalized spacial score (nSPS) is 13.0. The van der Waals surface area contributed by atoms with E-state index >= 15 is 0 Å². The molecule has 1 rings (SSSR count). The number of ether oxygens (including phenoxy) is 1. The first-order chi connectivity index (χ1) is 17.7. The van der Waals surface area contributed by atoms with Crippen molar-refractivity contribution in [2.24, 2.45) is 5.73 Å². The van der Waals surface area contributed by atoms with E-state index in [0.717, 1.165) is 36.8 Å². The Bertz CT molecular complexity index is 955. The molecule has 0 aliphatic carbocycles. The molecule has 9 nitrogen and oxygen atoms in total. The maximum absolute atomic E-state index is 14.1. The van der Waals surface area contributed by atoms with Crippen molar-refractivity contribution in [3.63, 3.8) is 0 Å². The Balaban J connectivity index is 3.53. The monoisotopic (exact) mass is 532 g/mol. The summed E-state index contributed by atoms with van der Waals surface area (Å²) < 4.78 is 5.33. The van der Waals surface area contributed by atoms with Gasteiger partial charge in [-0.1, -0.05) is 56.4 Å². The lowest BCUT2D eigenvalue weighted by Gasteiger charge is -2.35. The number of carbonyl (C=O) groups excluding carboxylic acids is 4. The third-order valence-electron chi connectivity index (χ3n) is 5.89. The lowest BCUT2D eigenvalue weighted by atomic mass is 9.95. The van der Waals surface area contributed by atoms with Gasteiger partial charge in [-0.2, -0.15) is 0 Å². The SMILES string of the molecule is CCCCCCCN(C(=O)C(CC(N)=O)NC(=O)OC(C)(C)C)C(C(=O)NC(C)C)c1ccc(C)cc1C. The predicted molar refractivity (Wildman–Crippen MR) is 149 cm³/mol. The number of carbonyl (C=O) groups is 4. The number of hydrogen-bond acceptors (Lipinski definition) is 5. The highest BCUT2D eigenvalue weighted by atomic mass is 16.6. The first-order valence-corrected chi connectivity index (χ1v) is 13.6. The second-order valence-corrected chi connectivity index (χ2v) is 11.2. The lowest BCUT2D eigenvalue weighted by Crippen LogP contribution is -2.54. The number of unbranched alkanes of at least 4 members (excludes halogenated alkanes) is 4. The number of nitrogens with zero attached hydrogens (tertiary/aromatic N) is 1. The van der Waals surface area contributed by atoms with Gasteiger partial charge in [0.2, 0.25) is 17.7 Å². The van der Waals surface area contributed by atoms with Crippen molar-refractivity contribution in [3.8, 4) is 0 Å². The Morgan fingerprint density at radius 1 is 1.00 bits per heavy atom. The number of hydrogen-bond donors (Lipinski definition) is 3. The molecule has 0 radical (unpaired) electrons. The van der Waals surface area contributed by atoms with Crippen LogP contribution < -0.4 is 16.4 Å². The van der Waals surface area contributed by atoms with Crippen molar-refractivity contribution in [1.29, 1.82) is 0 Å². The summed E-state index contributed by atoms with van der Waals surface area (Å²) in [4.78, 5) is 53.7. The Kier molecular flexibility index (Phi) is 13.3. The molecule has 0 bridgehead atoms. The van der Waals surface area contributed by atoms with Gasteiger partial charge in [-0.05, 0) is 66.0 Å². The number of nitrogens with one attached hydrogen (secondary N) is 2. The topological polar surface area (TPSA) is 131 Å². The molecule has 2 unspecified atom stereocenters. The average molecular weight is 533 g/mol. The minimum absolute atomic E-state index is 0.154. The maximum Gasteiger partial charge on any atom is 0.408 e. The van der Waals surface area contributed by atoms with Crippen molar-refractivity contribution < 1.29 is 23.9 Å². The van der Waals surface area contributed by atoms with Crippen molar-refractivity contribution in [2.45, 2.75) is 118 Å². The molecule has 0 spiro atoms. The van der Waals surface area contributed by atoms with E-state index in [-0.39, 0.29) is 18.5 Å². The summed E-state index contributed by atoms with van der Waals surface area (Å²) in [5, 5.41) is 5.47. The number of benzene rings is 1. The molecule has 4 amide bonds. The van der Waals surface area contributed by atoms with Crippen LogP contribution in [-0.2, 0) is 19.1 Å². The zero-order valence-electron chi connectivity index (χ0n) is 24.5. The summed E-state index contributed by atoms with van der Waals surface area (Å²) in [6.07, 6.45) is 3.44. The van der Waals surface area contributed by atoms with Gasteiger partial charge in [-0.3, -0.25) is 14.4 Å².